The Morgan fingerprint density at radius 1 is 1.12 bits per heavy atom. The van der Waals surface area contributed by atoms with E-state index in [4.69, 9.17) is 14.2 Å². The van der Waals surface area contributed by atoms with Gasteiger partial charge in [0.15, 0.2) is 5.78 Å². The molecule has 6 unspecified atom stereocenters. The number of aliphatic hydroxyl groups is 1. The fourth-order valence-corrected chi connectivity index (χ4v) is 5.24. The first kappa shape index (κ1) is 26.0. The second kappa shape index (κ2) is 8.96. The zero-order chi connectivity index (χ0) is 24.6. The fourth-order valence-electron chi connectivity index (χ4n) is 5.24. The molecule has 180 valence electrons. The highest BCUT2D eigenvalue weighted by molar-refractivity contribution is 5.97. The number of esters is 3. The van der Waals surface area contributed by atoms with Crippen molar-refractivity contribution in [2.45, 2.75) is 104 Å². The van der Waals surface area contributed by atoms with Gasteiger partial charge in [0, 0.05) is 26.2 Å². The molecule has 2 saturated carbocycles. The zero-order valence-electron chi connectivity index (χ0n) is 20.4. The topological polar surface area (TPSA) is 116 Å². The molecule has 6 atom stereocenters. The number of rotatable bonds is 5. The molecule has 0 radical (unpaired) electrons. The van der Waals surface area contributed by atoms with Crippen LogP contribution in [-0.2, 0) is 33.4 Å². The quantitative estimate of drug-likeness (QED) is 0.384. The van der Waals surface area contributed by atoms with Crippen molar-refractivity contribution in [3.63, 3.8) is 0 Å². The van der Waals surface area contributed by atoms with E-state index in [9.17, 15) is 24.3 Å². The number of fused-ring (bicyclic) bond motifs is 1. The third kappa shape index (κ3) is 4.75. The van der Waals surface area contributed by atoms with Gasteiger partial charge in [0.05, 0.1) is 0 Å². The summed E-state index contributed by atoms with van der Waals surface area (Å²) in [6, 6.07) is 0. The molecule has 0 amide bonds. The van der Waals surface area contributed by atoms with Gasteiger partial charge in [-0.25, -0.2) is 4.79 Å². The minimum absolute atomic E-state index is 0.0981. The van der Waals surface area contributed by atoms with Gasteiger partial charge in [-0.05, 0) is 64.9 Å². The smallest absolute Gasteiger partial charge is 0.353 e. The Kier molecular flexibility index (Phi) is 7.29. The van der Waals surface area contributed by atoms with Gasteiger partial charge < -0.3 is 19.3 Å². The summed E-state index contributed by atoms with van der Waals surface area (Å²) in [6.45, 7) is 12.6. The van der Waals surface area contributed by atoms with Crippen LogP contribution in [0, 0.1) is 11.3 Å². The first-order chi connectivity index (χ1) is 14.6. The van der Waals surface area contributed by atoms with Gasteiger partial charge in [-0.1, -0.05) is 12.5 Å². The van der Waals surface area contributed by atoms with E-state index in [1.165, 1.54) is 20.8 Å². The Bertz CT molecular complexity index is 839. The number of carbonyl (C=O) groups excluding carboxylic acids is 4. The van der Waals surface area contributed by atoms with Crippen molar-refractivity contribution in [1.82, 2.24) is 0 Å². The Balaban J connectivity index is 2.47. The first-order valence-corrected chi connectivity index (χ1v) is 11.0. The molecule has 2 fully saturated rings. The van der Waals surface area contributed by atoms with Gasteiger partial charge in [-0.3, -0.25) is 14.4 Å². The van der Waals surface area contributed by atoms with Gasteiger partial charge in [-0.2, -0.15) is 0 Å². The minimum atomic E-state index is -1.91. The van der Waals surface area contributed by atoms with Crippen LogP contribution in [0.1, 0.15) is 81.1 Å². The predicted octanol–water partition coefficient (Wildman–Crippen LogP) is 3.04. The Morgan fingerprint density at radius 2 is 1.72 bits per heavy atom. The maximum absolute atomic E-state index is 13.1. The zero-order valence-corrected chi connectivity index (χ0v) is 20.4. The molecule has 0 spiro atoms. The number of allylic oxidation sites excluding steroid dienone is 2. The number of aliphatic hydroxyl groups excluding tert-OH is 1. The van der Waals surface area contributed by atoms with E-state index in [2.05, 4.69) is 0 Å². The minimum Gasteiger partial charge on any atom is -0.455 e. The number of ether oxygens (including phenoxy) is 3. The third-order valence-corrected chi connectivity index (χ3v) is 7.23. The summed E-state index contributed by atoms with van der Waals surface area (Å²) in [7, 11) is 0. The van der Waals surface area contributed by atoms with E-state index in [1.807, 2.05) is 20.8 Å². The van der Waals surface area contributed by atoms with Crippen LogP contribution in [-0.4, -0.2) is 52.2 Å². The van der Waals surface area contributed by atoms with Crippen LogP contribution < -0.4 is 0 Å². The molecule has 0 saturated heterocycles. The Labute approximate surface area is 189 Å². The van der Waals surface area contributed by atoms with E-state index >= 15 is 0 Å². The Hall–Kier alpha value is -2.22. The van der Waals surface area contributed by atoms with Crippen LogP contribution in [0.25, 0.3) is 0 Å². The van der Waals surface area contributed by atoms with Gasteiger partial charge >= 0.3 is 17.9 Å². The van der Waals surface area contributed by atoms with Crippen molar-refractivity contribution in [3.05, 3.63) is 11.1 Å². The molecule has 0 aromatic heterocycles. The van der Waals surface area contributed by atoms with Crippen molar-refractivity contribution >= 4 is 23.7 Å². The van der Waals surface area contributed by atoms with Crippen LogP contribution in [0.2, 0.25) is 0 Å². The predicted molar refractivity (Wildman–Crippen MR) is 115 cm³/mol. The fraction of sp³-hybridized carbons (Fsp3) is 0.750. The molecule has 0 bridgehead atoms. The molecule has 0 aromatic rings. The van der Waals surface area contributed by atoms with Crippen molar-refractivity contribution in [3.8, 4) is 0 Å². The van der Waals surface area contributed by atoms with Crippen LogP contribution in [0.5, 0.6) is 0 Å². The molecular weight excluding hydrogens is 416 g/mol. The highest BCUT2D eigenvalue weighted by atomic mass is 16.6. The molecule has 2 aliphatic rings. The summed E-state index contributed by atoms with van der Waals surface area (Å²) in [4.78, 5) is 49.5. The van der Waals surface area contributed by atoms with Crippen molar-refractivity contribution < 1.29 is 38.5 Å². The van der Waals surface area contributed by atoms with E-state index in [0.29, 0.717) is 31.3 Å². The number of ketones is 1. The van der Waals surface area contributed by atoms with Gasteiger partial charge in [0.2, 0.25) is 5.60 Å². The van der Waals surface area contributed by atoms with Crippen molar-refractivity contribution in [2.24, 2.45) is 11.3 Å². The maximum Gasteiger partial charge on any atom is 0.353 e. The second-order valence-electron chi connectivity index (χ2n) is 10.1. The second-order valence-corrected chi connectivity index (χ2v) is 10.1. The lowest BCUT2D eigenvalue weighted by atomic mass is 9.53. The number of Topliss-reactive ketones (excluding diaryl/α,β-unsaturated/α-hetero) is 1. The SMILES string of the molecule is CC(=O)OC(C)(C(=O)OC1CCC2(C)CC(=O)C(=C(C)C)CC2C1(C)OC(C)=O)C(C)O. The standard InChI is InChI=1S/C24H36O8/c1-13(2)17-11-19-22(6,12-18(17)28)10-9-20(24(19,8)32-16(5)27)30-21(29)23(7,14(3)25)31-15(4)26/h14,19-20,25H,9-12H2,1-8H3. The molecule has 0 heterocycles. The average Bonchev–Trinajstić information content (AvgIpc) is 2.61. The van der Waals surface area contributed by atoms with Crippen LogP contribution in [0.3, 0.4) is 0 Å². The molecule has 2 aliphatic carbocycles. The average molecular weight is 453 g/mol. The number of hydrogen-bond donors (Lipinski definition) is 1. The molecule has 32 heavy (non-hydrogen) atoms. The van der Waals surface area contributed by atoms with Crippen molar-refractivity contribution in [1.29, 1.82) is 0 Å². The summed E-state index contributed by atoms with van der Waals surface area (Å²) in [5, 5.41) is 10.1. The molecule has 8 nitrogen and oxygen atoms in total. The molecule has 0 aliphatic heterocycles. The van der Waals surface area contributed by atoms with Crippen LogP contribution >= 0.6 is 0 Å². The number of carbonyl (C=O) groups is 4. The molecule has 1 N–H and O–H groups in total. The summed E-state index contributed by atoms with van der Waals surface area (Å²) in [5.74, 6) is -2.33. The van der Waals surface area contributed by atoms with E-state index in [1.54, 1.807) is 6.92 Å². The molecular formula is C24H36O8. The summed E-state index contributed by atoms with van der Waals surface area (Å²) in [5.41, 5.74) is -1.90. The van der Waals surface area contributed by atoms with E-state index < -0.39 is 46.7 Å². The highest BCUT2D eigenvalue weighted by Gasteiger charge is 2.61. The van der Waals surface area contributed by atoms with Gasteiger partial charge in [-0.15, -0.1) is 0 Å². The normalized spacial score (nSPS) is 32.8. The largest absolute Gasteiger partial charge is 0.455 e. The van der Waals surface area contributed by atoms with Crippen LogP contribution in [0.4, 0.5) is 0 Å². The number of hydrogen-bond acceptors (Lipinski definition) is 8. The summed E-state index contributed by atoms with van der Waals surface area (Å²) >= 11 is 0. The Morgan fingerprint density at radius 3 is 2.19 bits per heavy atom. The lowest BCUT2D eigenvalue weighted by Gasteiger charge is -2.56. The molecule has 2 rings (SSSR count). The lowest BCUT2D eigenvalue weighted by molar-refractivity contribution is -0.230. The highest BCUT2D eigenvalue weighted by Crippen LogP contribution is 2.56. The maximum atomic E-state index is 13.1. The monoisotopic (exact) mass is 452 g/mol. The van der Waals surface area contributed by atoms with E-state index in [-0.39, 0.29) is 11.7 Å². The van der Waals surface area contributed by atoms with Gasteiger partial charge in [0.1, 0.15) is 17.8 Å². The van der Waals surface area contributed by atoms with E-state index in [0.717, 1.165) is 12.5 Å². The summed E-state index contributed by atoms with van der Waals surface area (Å²) in [6.07, 6.45) is -0.473. The van der Waals surface area contributed by atoms with Gasteiger partial charge in [0.25, 0.3) is 0 Å². The molecule has 0 aromatic carbocycles. The molecule has 8 heteroatoms. The van der Waals surface area contributed by atoms with Crippen molar-refractivity contribution in [2.75, 3.05) is 0 Å². The van der Waals surface area contributed by atoms with Crippen LogP contribution in [0.15, 0.2) is 11.1 Å². The summed E-state index contributed by atoms with van der Waals surface area (Å²) < 4.78 is 16.7. The first-order valence-electron chi connectivity index (χ1n) is 11.0. The third-order valence-electron chi connectivity index (χ3n) is 7.23. The lowest BCUT2D eigenvalue weighted by Crippen LogP contribution is -2.63.